The summed E-state index contributed by atoms with van der Waals surface area (Å²) in [5.41, 5.74) is -0.974. The van der Waals surface area contributed by atoms with Crippen LogP contribution in [0.2, 0.25) is 0 Å². The van der Waals surface area contributed by atoms with Gasteiger partial charge in [-0.2, -0.15) is 4.31 Å². The summed E-state index contributed by atoms with van der Waals surface area (Å²) in [4.78, 5) is 23.5. The van der Waals surface area contributed by atoms with E-state index in [1.165, 1.54) is 17.0 Å². The van der Waals surface area contributed by atoms with Gasteiger partial charge in [0, 0.05) is 32.2 Å². The number of sulfonamides is 1. The number of halogens is 2. The van der Waals surface area contributed by atoms with Crippen molar-refractivity contribution in [3.63, 3.8) is 0 Å². The largest absolute Gasteiger partial charge is 0.336 e. The summed E-state index contributed by atoms with van der Waals surface area (Å²) in [6, 6.07) is 7.51. The van der Waals surface area contributed by atoms with Gasteiger partial charge in [-0.3, -0.25) is 14.9 Å². The molecule has 8 nitrogen and oxygen atoms in total. The third-order valence-electron chi connectivity index (χ3n) is 4.36. The van der Waals surface area contributed by atoms with Gasteiger partial charge in [-0.1, -0.05) is 12.1 Å². The highest BCUT2D eigenvalue weighted by Crippen LogP contribution is 2.27. The van der Waals surface area contributed by atoms with Crippen molar-refractivity contribution in [3.8, 4) is 0 Å². The Balaban J connectivity index is 1.77. The van der Waals surface area contributed by atoms with Crippen LogP contribution < -0.4 is 0 Å². The summed E-state index contributed by atoms with van der Waals surface area (Å²) in [6.07, 6.45) is 0. The number of hydrogen-bond acceptors (Lipinski definition) is 5. The number of carbonyl (C=O) groups is 1. The summed E-state index contributed by atoms with van der Waals surface area (Å²) in [7, 11) is -4.15. The van der Waals surface area contributed by atoms with E-state index in [9.17, 15) is 32.1 Å². The van der Waals surface area contributed by atoms with Crippen molar-refractivity contribution in [2.75, 3.05) is 26.2 Å². The SMILES string of the molecule is O=C(c1cc(F)ccc1F)N1CCN(S(=O)(=O)c2ccccc2[N+](=O)[O-])CC1. The topological polar surface area (TPSA) is 101 Å². The zero-order chi connectivity index (χ0) is 20.5. The first kappa shape index (κ1) is 19.8. The van der Waals surface area contributed by atoms with Crippen LogP contribution in [0.1, 0.15) is 10.4 Å². The molecule has 0 saturated carbocycles. The fraction of sp³-hybridized carbons (Fsp3) is 0.235. The third-order valence-corrected chi connectivity index (χ3v) is 6.31. The lowest BCUT2D eigenvalue weighted by atomic mass is 10.1. The summed E-state index contributed by atoms with van der Waals surface area (Å²) < 4.78 is 53.7. The molecule has 0 radical (unpaired) electrons. The molecule has 2 aromatic carbocycles. The second-order valence-corrected chi connectivity index (χ2v) is 7.95. The molecule has 0 spiro atoms. The molecular weight excluding hydrogens is 396 g/mol. The standard InChI is InChI=1S/C17H15F2N3O5S/c18-12-5-6-14(19)13(11-12)17(23)20-7-9-21(10-8-20)28(26,27)16-4-2-1-3-15(16)22(24)25/h1-6,11H,7-10H2. The average Bonchev–Trinajstić information content (AvgIpc) is 2.69. The summed E-state index contributed by atoms with van der Waals surface area (Å²) in [6.45, 7) is -0.378. The van der Waals surface area contributed by atoms with Gasteiger partial charge in [0.1, 0.15) is 11.6 Å². The molecule has 1 fully saturated rings. The average molecular weight is 411 g/mol. The van der Waals surface area contributed by atoms with Crippen LogP contribution in [-0.4, -0.2) is 54.6 Å². The number of piperazine rings is 1. The molecule has 148 valence electrons. The Bertz CT molecular complexity index is 1040. The molecule has 2 aromatic rings. The molecule has 11 heteroatoms. The van der Waals surface area contributed by atoms with Gasteiger partial charge < -0.3 is 4.90 Å². The number of rotatable bonds is 4. The maximum absolute atomic E-state index is 13.8. The van der Waals surface area contributed by atoms with E-state index in [-0.39, 0.29) is 26.2 Å². The second-order valence-electron chi connectivity index (χ2n) is 6.05. The number of nitro groups is 1. The molecule has 0 unspecified atom stereocenters. The quantitative estimate of drug-likeness (QED) is 0.566. The number of nitrogens with zero attached hydrogens (tertiary/aromatic N) is 3. The number of amides is 1. The zero-order valence-corrected chi connectivity index (χ0v) is 15.2. The molecular formula is C17H15F2N3O5S. The van der Waals surface area contributed by atoms with Crippen molar-refractivity contribution in [1.29, 1.82) is 0 Å². The fourth-order valence-electron chi connectivity index (χ4n) is 2.93. The van der Waals surface area contributed by atoms with Crippen LogP contribution in [0.5, 0.6) is 0 Å². The van der Waals surface area contributed by atoms with Crippen LogP contribution in [0.25, 0.3) is 0 Å². The fourth-order valence-corrected chi connectivity index (χ4v) is 4.51. The normalized spacial score (nSPS) is 15.4. The lowest BCUT2D eigenvalue weighted by molar-refractivity contribution is -0.387. The highest BCUT2D eigenvalue weighted by molar-refractivity contribution is 7.89. The van der Waals surface area contributed by atoms with Gasteiger partial charge in [0.25, 0.3) is 11.6 Å². The maximum Gasteiger partial charge on any atom is 0.289 e. The van der Waals surface area contributed by atoms with E-state index in [1.807, 2.05) is 0 Å². The van der Waals surface area contributed by atoms with Crippen molar-refractivity contribution in [2.45, 2.75) is 4.90 Å². The molecule has 0 bridgehead atoms. The number of para-hydroxylation sites is 1. The van der Waals surface area contributed by atoms with Gasteiger partial charge in [0.2, 0.25) is 10.0 Å². The maximum atomic E-state index is 13.8. The molecule has 0 atom stereocenters. The molecule has 1 aliphatic rings. The lowest BCUT2D eigenvalue weighted by Crippen LogP contribution is -2.50. The predicted molar refractivity (Wildman–Crippen MR) is 94.1 cm³/mol. The predicted octanol–water partition coefficient (Wildman–Crippen LogP) is 2.02. The minimum atomic E-state index is -4.15. The van der Waals surface area contributed by atoms with E-state index >= 15 is 0 Å². The Labute approximate surface area is 159 Å². The van der Waals surface area contributed by atoms with E-state index in [4.69, 9.17) is 0 Å². The van der Waals surface area contributed by atoms with E-state index in [0.29, 0.717) is 0 Å². The molecule has 1 saturated heterocycles. The minimum Gasteiger partial charge on any atom is -0.336 e. The summed E-state index contributed by atoms with van der Waals surface area (Å²) >= 11 is 0. The van der Waals surface area contributed by atoms with Gasteiger partial charge in [0.05, 0.1) is 10.5 Å². The molecule has 0 N–H and O–H groups in total. The van der Waals surface area contributed by atoms with Crippen molar-refractivity contribution in [1.82, 2.24) is 9.21 Å². The Morgan fingerprint density at radius 1 is 1.04 bits per heavy atom. The first-order chi connectivity index (χ1) is 13.2. The van der Waals surface area contributed by atoms with Crippen molar-refractivity contribution < 1.29 is 26.9 Å². The van der Waals surface area contributed by atoms with Crippen LogP contribution >= 0.6 is 0 Å². The van der Waals surface area contributed by atoms with Crippen LogP contribution in [-0.2, 0) is 10.0 Å². The Morgan fingerprint density at radius 2 is 1.68 bits per heavy atom. The van der Waals surface area contributed by atoms with Crippen molar-refractivity contribution in [3.05, 3.63) is 69.8 Å². The first-order valence-corrected chi connectivity index (χ1v) is 9.63. The van der Waals surface area contributed by atoms with E-state index < -0.39 is 48.6 Å². The molecule has 3 rings (SSSR count). The number of benzene rings is 2. The molecule has 1 amide bonds. The number of hydrogen-bond donors (Lipinski definition) is 0. The number of carbonyl (C=O) groups excluding carboxylic acids is 1. The third kappa shape index (κ3) is 3.71. The first-order valence-electron chi connectivity index (χ1n) is 8.19. The van der Waals surface area contributed by atoms with Crippen LogP contribution in [0.15, 0.2) is 47.4 Å². The van der Waals surface area contributed by atoms with Crippen LogP contribution in [0.3, 0.4) is 0 Å². The molecule has 0 aliphatic carbocycles. The van der Waals surface area contributed by atoms with Crippen LogP contribution in [0, 0.1) is 21.7 Å². The Morgan fingerprint density at radius 3 is 2.32 bits per heavy atom. The molecule has 0 aromatic heterocycles. The zero-order valence-electron chi connectivity index (χ0n) is 14.4. The lowest BCUT2D eigenvalue weighted by Gasteiger charge is -2.34. The smallest absolute Gasteiger partial charge is 0.289 e. The highest BCUT2D eigenvalue weighted by atomic mass is 32.2. The van der Waals surface area contributed by atoms with E-state index in [1.54, 1.807) is 0 Å². The number of nitro benzene ring substituents is 1. The monoisotopic (exact) mass is 411 g/mol. The van der Waals surface area contributed by atoms with Gasteiger partial charge in [-0.05, 0) is 24.3 Å². The summed E-state index contributed by atoms with van der Waals surface area (Å²) in [5.74, 6) is -2.39. The van der Waals surface area contributed by atoms with E-state index in [2.05, 4.69) is 0 Å². The Hall–Kier alpha value is -2.92. The van der Waals surface area contributed by atoms with Gasteiger partial charge >= 0.3 is 0 Å². The minimum absolute atomic E-state index is 0.0609. The molecule has 1 aliphatic heterocycles. The van der Waals surface area contributed by atoms with Gasteiger partial charge in [-0.25, -0.2) is 17.2 Å². The van der Waals surface area contributed by atoms with Crippen molar-refractivity contribution in [2.24, 2.45) is 0 Å². The Kier molecular flexibility index (Phi) is 5.38. The molecule has 1 heterocycles. The summed E-state index contributed by atoms with van der Waals surface area (Å²) in [5, 5.41) is 11.1. The second kappa shape index (κ2) is 7.60. The van der Waals surface area contributed by atoms with E-state index in [0.717, 1.165) is 34.6 Å². The molecule has 28 heavy (non-hydrogen) atoms. The van der Waals surface area contributed by atoms with Gasteiger partial charge in [-0.15, -0.1) is 0 Å². The van der Waals surface area contributed by atoms with Crippen LogP contribution in [0.4, 0.5) is 14.5 Å². The van der Waals surface area contributed by atoms with Crippen molar-refractivity contribution >= 4 is 21.6 Å². The highest BCUT2D eigenvalue weighted by Gasteiger charge is 2.34. The van der Waals surface area contributed by atoms with Gasteiger partial charge in [0.15, 0.2) is 4.90 Å².